The molecule has 0 radical (unpaired) electrons. The van der Waals surface area contributed by atoms with Crippen molar-refractivity contribution in [1.29, 1.82) is 0 Å². The van der Waals surface area contributed by atoms with Crippen LogP contribution < -0.4 is 0 Å². The Balaban J connectivity index is 2.45. The molecule has 0 amide bonds. The first kappa shape index (κ1) is 30.3. The number of hydrogen-bond donors (Lipinski definition) is 0. The Morgan fingerprint density at radius 1 is 0.816 bits per heavy atom. The summed E-state index contributed by atoms with van der Waals surface area (Å²) in [6.45, 7) is 6.06. The van der Waals surface area contributed by atoms with E-state index in [0.29, 0.717) is 12.0 Å². The summed E-state index contributed by atoms with van der Waals surface area (Å²) in [4.78, 5) is 60.4. The maximum absolute atomic E-state index is 13.2. The van der Waals surface area contributed by atoms with Gasteiger partial charge >= 0.3 is 29.8 Å². The SMILES string of the molecule is CCCCC#Cc1ccccc1C(=O)OC1O[C@H](COC(C)=O)[C@H](OC(C)=O)[C@H](OC(C)=O)[C@H]1OC(C)=O. The van der Waals surface area contributed by atoms with Crippen LogP contribution in [0.2, 0.25) is 0 Å². The smallest absolute Gasteiger partial charge is 0.341 e. The maximum atomic E-state index is 13.2. The van der Waals surface area contributed by atoms with Crippen LogP contribution in [0.15, 0.2) is 24.3 Å². The number of carbonyl (C=O) groups excluding carboxylic acids is 5. The molecule has 1 unspecified atom stereocenters. The van der Waals surface area contributed by atoms with E-state index in [2.05, 4.69) is 11.8 Å². The molecule has 11 heteroatoms. The lowest BCUT2D eigenvalue weighted by Gasteiger charge is -2.43. The van der Waals surface area contributed by atoms with Crippen molar-refractivity contribution in [3.8, 4) is 11.8 Å². The Labute approximate surface area is 221 Å². The minimum atomic E-state index is -1.62. The molecule has 0 saturated carbocycles. The van der Waals surface area contributed by atoms with Gasteiger partial charge in [-0.15, -0.1) is 0 Å². The zero-order valence-electron chi connectivity index (χ0n) is 22.0. The normalized spacial score (nSPS) is 22.2. The molecule has 0 bridgehead atoms. The predicted octanol–water partition coefficient (Wildman–Crippen LogP) is 2.47. The first-order valence-corrected chi connectivity index (χ1v) is 12.1. The lowest BCUT2D eigenvalue weighted by atomic mass is 9.98. The number of rotatable bonds is 9. The Kier molecular flexibility index (Phi) is 11.8. The number of benzene rings is 1. The highest BCUT2D eigenvalue weighted by molar-refractivity contribution is 5.92. The van der Waals surface area contributed by atoms with Gasteiger partial charge in [0.1, 0.15) is 12.7 Å². The largest absolute Gasteiger partial charge is 0.463 e. The molecular formula is C27H32O11. The van der Waals surface area contributed by atoms with Gasteiger partial charge in [-0.3, -0.25) is 19.2 Å². The quantitative estimate of drug-likeness (QED) is 0.200. The average molecular weight is 533 g/mol. The van der Waals surface area contributed by atoms with Gasteiger partial charge in [-0.2, -0.15) is 0 Å². The van der Waals surface area contributed by atoms with Gasteiger partial charge < -0.3 is 28.4 Å². The van der Waals surface area contributed by atoms with E-state index in [1.807, 2.05) is 6.92 Å². The molecule has 1 aromatic rings. The molecule has 0 N–H and O–H groups in total. The highest BCUT2D eigenvalue weighted by Gasteiger charge is 2.53. The monoisotopic (exact) mass is 532 g/mol. The van der Waals surface area contributed by atoms with Crippen molar-refractivity contribution in [1.82, 2.24) is 0 Å². The van der Waals surface area contributed by atoms with Crippen LogP contribution in [-0.2, 0) is 47.6 Å². The standard InChI is InChI=1S/C27H32O11/c1-6-7-8-9-12-20-13-10-11-14-21(20)26(32)38-27-25(36-19(5)31)24(35-18(4)30)23(34-17(3)29)22(37-27)15-33-16(2)28/h10-11,13-14,22-25,27H,6-8,15H2,1-5H3/t22-,23+,24+,25-,27?/m1/s1. The highest BCUT2D eigenvalue weighted by Crippen LogP contribution is 2.30. The zero-order valence-corrected chi connectivity index (χ0v) is 22.0. The summed E-state index contributed by atoms with van der Waals surface area (Å²) in [7, 11) is 0. The van der Waals surface area contributed by atoms with Crippen LogP contribution in [0.4, 0.5) is 0 Å². The van der Waals surface area contributed by atoms with Crippen LogP contribution in [0.5, 0.6) is 0 Å². The van der Waals surface area contributed by atoms with Gasteiger partial charge in [0.2, 0.25) is 12.4 Å². The first-order valence-electron chi connectivity index (χ1n) is 12.1. The molecule has 2 rings (SSSR count). The fraction of sp³-hybridized carbons (Fsp3) is 0.519. The third-order valence-electron chi connectivity index (χ3n) is 5.20. The van der Waals surface area contributed by atoms with Crippen molar-refractivity contribution in [3.05, 3.63) is 35.4 Å². The van der Waals surface area contributed by atoms with Crippen LogP contribution >= 0.6 is 0 Å². The van der Waals surface area contributed by atoms with Gasteiger partial charge in [-0.25, -0.2) is 4.79 Å². The van der Waals surface area contributed by atoms with E-state index in [4.69, 9.17) is 28.4 Å². The minimum absolute atomic E-state index is 0.129. The molecule has 1 aliphatic rings. The molecule has 1 saturated heterocycles. The Morgan fingerprint density at radius 2 is 1.42 bits per heavy atom. The number of unbranched alkanes of at least 4 members (excludes halogenated alkanes) is 2. The molecule has 1 aliphatic heterocycles. The molecule has 0 spiro atoms. The second kappa shape index (κ2) is 14.7. The third-order valence-corrected chi connectivity index (χ3v) is 5.20. The predicted molar refractivity (Wildman–Crippen MR) is 130 cm³/mol. The fourth-order valence-corrected chi connectivity index (χ4v) is 3.65. The van der Waals surface area contributed by atoms with Crippen molar-refractivity contribution >= 4 is 29.8 Å². The first-order chi connectivity index (χ1) is 18.0. The Hall–Kier alpha value is -3.91. The summed E-state index contributed by atoms with van der Waals surface area (Å²) >= 11 is 0. The summed E-state index contributed by atoms with van der Waals surface area (Å²) in [5.74, 6) is 2.08. The number of carbonyl (C=O) groups is 5. The Bertz CT molecular complexity index is 1080. The summed E-state index contributed by atoms with van der Waals surface area (Å²) in [6.07, 6.45) is -4.64. The molecule has 5 atom stereocenters. The molecule has 38 heavy (non-hydrogen) atoms. The molecule has 0 aromatic heterocycles. The second-order valence-corrected chi connectivity index (χ2v) is 8.42. The van der Waals surface area contributed by atoms with Crippen molar-refractivity contribution in [2.24, 2.45) is 0 Å². The van der Waals surface area contributed by atoms with Crippen LogP contribution in [0, 0.1) is 11.8 Å². The summed E-state index contributed by atoms with van der Waals surface area (Å²) < 4.78 is 32.4. The van der Waals surface area contributed by atoms with Gasteiger partial charge in [0.05, 0.1) is 5.56 Å². The average Bonchev–Trinajstić information content (AvgIpc) is 2.83. The molecule has 1 heterocycles. The van der Waals surface area contributed by atoms with Crippen molar-refractivity contribution < 1.29 is 52.4 Å². The number of esters is 5. The molecule has 206 valence electrons. The topological polar surface area (TPSA) is 141 Å². The van der Waals surface area contributed by atoms with Crippen molar-refractivity contribution in [2.45, 2.75) is 84.6 Å². The molecule has 0 aliphatic carbocycles. The maximum Gasteiger partial charge on any atom is 0.341 e. The van der Waals surface area contributed by atoms with Crippen molar-refractivity contribution in [3.63, 3.8) is 0 Å². The van der Waals surface area contributed by atoms with Gasteiger partial charge in [-0.05, 0) is 18.6 Å². The van der Waals surface area contributed by atoms with E-state index in [-0.39, 0.29) is 5.56 Å². The molecular weight excluding hydrogens is 500 g/mol. The van der Waals surface area contributed by atoms with Gasteiger partial charge in [0, 0.05) is 39.7 Å². The summed E-state index contributed by atoms with van der Waals surface area (Å²) in [6, 6.07) is 6.51. The van der Waals surface area contributed by atoms with E-state index in [1.54, 1.807) is 18.2 Å². The zero-order chi connectivity index (χ0) is 28.2. The number of hydrogen-bond acceptors (Lipinski definition) is 11. The van der Waals surface area contributed by atoms with Gasteiger partial charge in [0.15, 0.2) is 12.2 Å². The fourth-order valence-electron chi connectivity index (χ4n) is 3.65. The van der Waals surface area contributed by atoms with Gasteiger partial charge in [-0.1, -0.05) is 37.3 Å². The third kappa shape index (κ3) is 9.19. The van der Waals surface area contributed by atoms with Crippen LogP contribution in [-0.4, -0.2) is 67.2 Å². The second-order valence-electron chi connectivity index (χ2n) is 8.42. The van der Waals surface area contributed by atoms with E-state index in [1.165, 1.54) is 6.07 Å². The van der Waals surface area contributed by atoms with E-state index >= 15 is 0 Å². The lowest BCUT2D eigenvalue weighted by molar-refractivity contribution is -0.294. The number of ether oxygens (including phenoxy) is 6. The molecule has 11 nitrogen and oxygen atoms in total. The van der Waals surface area contributed by atoms with Crippen LogP contribution in [0.3, 0.4) is 0 Å². The van der Waals surface area contributed by atoms with Gasteiger partial charge in [0.25, 0.3) is 0 Å². The minimum Gasteiger partial charge on any atom is -0.463 e. The van der Waals surface area contributed by atoms with Crippen molar-refractivity contribution in [2.75, 3.05) is 6.61 Å². The van der Waals surface area contributed by atoms with E-state index in [0.717, 1.165) is 40.5 Å². The Morgan fingerprint density at radius 3 is 2.03 bits per heavy atom. The van der Waals surface area contributed by atoms with Crippen LogP contribution in [0.25, 0.3) is 0 Å². The lowest BCUT2D eigenvalue weighted by Crippen LogP contribution is -2.63. The van der Waals surface area contributed by atoms with E-state index < -0.39 is 67.2 Å². The molecule has 1 aromatic carbocycles. The van der Waals surface area contributed by atoms with Crippen LogP contribution in [0.1, 0.15) is 69.8 Å². The highest BCUT2D eigenvalue weighted by atomic mass is 16.7. The van der Waals surface area contributed by atoms with E-state index in [9.17, 15) is 24.0 Å². The molecule has 1 fully saturated rings. The summed E-state index contributed by atoms with van der Waals surface area (Å²) in [5, 5.41) is 0. The summed E-state index contributed by atoms with van der Waals surface area (Å²) in [5.41, 5.74) is 0.545.